The van der Waals surface area contributed by atoms with Crippen LogP contribution >= 0.6 is 0 Å². The van der Waals surface area contributed by atoms with Gasteiger partial charge in [-0.15, -0.1) is 0 Å². The maximum Gasteiger partial charge on any atom is 0.0353 e. The maximum atomic E-state index is 4.84. The van der Waals surface area contributed by atoms with E-state index >= 15 is 0 Å². The van der Waals surface area contributed by atoms with Gasteiger partial charge in [0.05, 0.1) is 0 Å². The summed E-state index contributed by atoms with van der Waals surface area (Å²) >= 11 is 0. The van der Waals surface area contributed by atoms with Crippen LogP contribution in [-0.2, 0) is 21.7 Å². The molecule has 0 aliphatic heterocycles. The molecule has 356 valence electrons. The van der Waals surface area contributed by atoms with Crippen molar-refractivity contribution in [3.05, 3.63) is 244 Å². The topological polar surface area (TPSA) is 12.9 Å². The summed E-state index contributed by atoms with van der Waals surface area (Å²) in [5, 5.41) is 4.92. The van der Waals surface area contributed by atoms with Crippen LogP contribution in [0.1, 0.15) is 118 Å². The highest BCUT2D eigenvalue weighted by Gasteiger charge is 2.41. The molecular weight excluding hydrogens is 891 g/mol. The molecule has 9 aromatic carbocycles. The first kappa shape index (κ1) is 43.7. The Morgan fingerprint density at radius 1 is 0.324 bits per heavy atom. The Morgan fingerprint density at radius 3 is 1.27 bits per heavy atom. The molecule has 15 rings (SSSR count). The van der Waals surface area contributed by atoms with Gasteiger partial charge in [-0.05, 0) is 199 Å². The lowest BCUT2D eigenvalue weighted by Gasteiger charge is -2.27. The molecule has 0 N–H and O–H groups in total. The van der Waals surface area contributed by atoms with Gasteiger partial charge < -0.3 is 0 Å². The Morgan fingerprint density at radius 2 is 0.716 bits per heavy atom. The van der Waals surface area contributed by atoms with E-state index in [0.29, 0.717) is 0 Å². The van der Waals surface area contributed by atoms with Crippen LogP contribution < -0.4 is 0 Å². The lowest BCUT2D eigenvalue weighted by molar-refractivity contribution is 0.652. The van der Waals surface area contributed by atoms with Crippen molar-refractivity contribution >= 4 is 32.7 Å². The maximum absolute atomic E-state index is 4.84. The Hall–Kier alpha value is -7.87. The zero-order chi connectivity index (χ0) is 50.2. The van der Waals surface area contributed by atoms with E-state index in [-0.39, 0.29) is 21.7 Å². The number of allylic oxidation sites excluding steroid dienone is 4. The summed E-state index contributed by atoms with van der Waals surface area (Å²) in [7, 11) is 0. The molecule has 1 aromatic heterocycles. The summed E-state index contributed by atoms with van der Waals surface area (Å²) in [6, 6.07) is 65.5. The van der Waals surface area contributed by atoms with Gasteiger partial charge in [0, 0.05) is 39.4 Å². The van der Waals surface area contributed by atoms with Crippen molar-refractivity contribution in [3.63, 3.8) is 0 Å². The quantitative estimate of drug-likeness (QED) is 0.160. The zero-order valence-corrected chi connectivity index (χ0v) is 43.8. The predicted octanol–water partition coefficient (Wildman–Crippen LogP) is 19.2. The summed E-state index contributed by atoms with van der Waals surface area (Å²) in [5.41, 5.74) is 32.4. The monoisotopic (exact) mass is 949 g/mol. The van der Waals surface area contributed by atoms with Gasteiger partial charge in [-0.25, -0.2) is 0 Å². The Balaban J connectivity index is 0.796. The van der Waals surface area contributed by atoms with Crippen molar-refractivity contribution in [1.82, 2.24) is 4.98 Å². The minimum Gasteiger partial charge on any atom is -0.264 e. The van der Waals surface area contributed by atoms with Crippen molar-refractivity contribution in [2.24, 2.45) is 0 Å². The fourth-order valence-electron chi connectivity index (χ4n) is 14.9. The number of fused-ring (bicyclic) bond motifs is 13. The first-order chi connectivity index (χ1) is 35.7. The molecule has 0 atom stereocenters. The molecule has 1 nitrogen and oxygen atoms in total. The van der Waals surface area contributed by atoms with Crippen molar-refractivity contribution in [2.75, 3.05) is 0 Å². The van der Waals surface area contributed by atoms with Crippen molar-refractivity contribution in [1.29, 1.82) is 0 Å². The first-order valence-electron chi connectivity index (χ1n) is 26.9. The molecule has 0 spiro atoms. The van der Waals surface area contributed by atoms with E-state index < -0.39 is 0 Å². The normalized spacial score (nSPS) is 17.3. The molecular formula is C73H59N. The molecule has 74 heavy (non-hydrogen) atoms. The molecule has 0 bridgehead atoms. The van der Waals surface area contributed by atoms with Crippen LogP contribution in [0.4, 0.5) is 0 Å². The second-order valence-corrected chi connectivity index (χ2v) is 24.2. The average Bonchev–Trinajstić information content (AvgIpc) is 4.02. The van der Waals surface area contributed by atoms with Crippen LogP contribution in [0.3, 0.4) is 0 Å². The summed E-state index contributed by atoms with van der Waals surface area (Å²) < 4.78 is 0. The van der Waals surface area contributed by atoms with Gasteiger partial charge in [-0.1, -0.05) is 195 Å². The summed E-state index contributed by atoms with van der Waals surface area (Å²) in [5.74, 6) is 0. The molecule has 5 aliphatic rings. The van der Waals surface area contributed by atoms with E-state index in [1.807, 2.05) is 6.20 Å². The molecule has 1 heteroatoms. The third-order valence-electron chi connectivity index (χ3n) is 18.9. The van der Waals surface area contributed by atoms with Gasteiger partial charge in [0.15, 0.2) is 0 Å². The average molecular weight is 950 g/mol. The van der Waals surface area contributed by atoms with Crippen LogP contribution in [0.15, 0.2) is 194 Å². The van der Waals surface area contributed by atoms with Crippen molar-refractivity contribution < 1.29 is 0 Å². The van der Waals surface area contributed by atoms with E-state index in [4.69, 9.17) is 4.98 Å². The lowest BCUT2D eigenvalue weighted by Crippen LogP contribution is -2.17. The first-order valence-corrected chi connectivity index (χ1v) is 26.9. The van der Waals surface area contributed by atoms with Crippen LogP contribution in [0, 0.1) is 0 Å². The fraction of sp³-hybridized carbons (Fsp3) is 0.192. The second kappa shape index (κ2) is 14.9. The van der Waals surface area contributed by atoms with E-state index in [2.05, 4.69) is 238 Å². The summed E-state index contributed by atoms with van der Waals surface area (Å²) in [6.45, 7) is 19.2. The van der Waals surface area contributed by atoms with Crippen molar-refractivity contribution in [3.8, 4) is 66.8 Å². The molecule has 0 saturated carbocycles. The predicted molar refractivity (Wildman–Crippen MR) is 312 cm³/mol. The minimum atomic E-state index is -0.198. The molecule has 5 aliphatic carbocycles. The molecule has 0 saturated heterocycles. The zero-order valence-electron chi connectivity index (χ0n) is 43.8. The SMILES string of the molecule is CC1(C)C2=C(CCC(c3ccc4c(c3)C(C)(C)c3cc(-c5c6ccccc6c(-c6ccc7c(c6)C(C)(C)c6cc(-c8ccc9c(c8)C(C)(C)c8ccccc8-9)ccc6-7)c6cnccc56)ccc3-4)=C2)c2ccccc21. The number of rotatable bonds is 4. The molecule has 0 radical (unpaired) electrons. The summed E-state index contributed by atoms with van der Waals surface area (Å²) in [4.78, 5) is 4.84. The van der Waals surface area contributed by atoms with Gasteiger partial charge in [-0.2, -0.15) is 0 Å². The van der Waals surface area contributed by atoms with E-state index in [9.17, 15) is 0 Å². The number of nitrogens with zero attached hydrogens (tertiary/aromatic N) is 1. The standard InChI is InChI=1S/C73H59N/c1-70(2)60-19-13-11-15-48(60)50-27-21-42(35-62(50)70)44-23-29-52-54-31-25-46(39-66(54)72(5,6)64(52)37-44)68-56-17-9-10-18-57(56)69(59-41-74-34-33-58(59)68)47-26-32-55-53-30-24-45(38-65(53)73(7,8)67(55)40-47)43-22-28-51-49-16-12-14-20-61(49)71(3,4)63(51)36-43/h9-20,22-26,28-41H,21,27H2,1-8H3. The highest BCUT2D eigenvalue weighted by Crippen LogP contribution is 2.57. The Labute approximate surface area is 436 Å². The van der Waals surface area contributed by atoms with Gasteiger partial charge in [0.25, 0.3) is 0 Å². The highest BCUT2D eigenvalue weighted by molar-refractivity contribution is 6.21. The molecule has 10 aromatic rings. The minimum absolute atomic E-state index is 0.00922. The Bertz CT molecular complexity index is 4180. The fourth-order valence-corrected chi connectivity index (χ4v) is 14.9. The lowest BCUT2D eigenvalue weighted by atomic mass is 9.77. The van der Waals surface area contributed by atoms with Crippen LogP contribution in [0.5, 0.6) is 0 Å². The number of benzene rings is 9. The molecule has 0 amide bonds. The van der Waals surface area contributed by atoms with Crippen molar-refractivity contribution in [2.45, 2.75) is 89.9 Å². The number of aromatic nitrogens is 1. The Kier molecular flexibility index (Phi) is 8.79. The van der Waals surface area contributed by atoms with Crippen LogP contribution in [-0.4, -0.2) is 4.98 Å². The number of hydrogen-bond acceptors (Lipinski definition) is 1. The number of pyridine rings is 1. The van der Waals surface area contributed by atoms with Gasteiger partial charge in [-0.3, -0.25) is 4.98 Å². The number of hydrogen-bond donors (Lipinski definition) is 0. The van der Waals surface area contributed by atoms with E-state index in [0.717, 1.165) is 12.8 Å². The van der Waals surface area contributed by atoms with Crippen LogP contribution in [0.2, 0.25) is 0 Å². The van der Waals surface area contributed by atoms with E-state index in [1.54, 1.807) is 5.57 Å². The molecule has 1 heterocycles. The smallest absolute Gasteiger partial charge is 0.0353 e. The largest absolute Gasteiger partial charge is 0.264 e. The van der Waals surface area contributed by atoms with Gasteiger partial charge in [0.1, 0.15) is 0 Å². The molecule has 0 unspecified atom stereocenters. The van der Waals surface area contributed by atoms with Crippen LogP contribution in [0.25, 0.3) is 99.5 Å². The molecule has 0 fully saturated rings. The highest BCUT2D eigenvalue weighted by atomic mass is 14.6. The van der Waals surface area contributed by atoms with Gasteiger partial charge in [0.2, 0.25) is 0 Å². The third-order valence-corrected chi connectivity index (χ3v) is 18.9. The second-order valence-electron chi connectivity index (χ2n) is 24.2. The van der Waals surface area contributed by atoms with Gasteiger partial charge >= 0.3 is 0 Å². The third kappa shape index (κ3) is 5.79. The summed E-state index contributed by atoms with van der Waals surface area (Å²) in [6.07, 6.45) is 8.77. The van der Waals surface area contributed by atoms with E-state index in [1.165, 1.54) is 150 Å².